The molecule has 3 heterocycles. The third-order valence-electron chi connectivity index (χ3n) is 3.96. The van der Waals surface area contributed by atoms with E-state index in [0.29, 0.717) is 11.2 Å². The fourth-order valence-electron chi connectivity index (χ4n) is 2.91. The fourth-order valence-corrected chi connectivity index (χ4v) is 4.13. The Morgan fingerprint density at radius 2 is 2.26 bits per heavy atom. The van der Waals surface area contributed by atoms with E-state index in [0.717, 1.165) is 36.1 Å². The highest BCUT2D eigenvalue weighted by Gasteiger charge is 2.20. The second kappa shape index (κ2) is 5.62. The van der Waals surface area contributed by atoms with Crippen LogP contribution in [0.2, 0.25) is 0 Å². The number of amides is 1. The average molecular weight is 330 g/mol. The summed E-state index contributed by atoms with van der Waals surface area (Å²) in [4.78, 5) is 31.1. The maximum Gasteiger partial charge on any atom is 0.262 e. The first-order valence-electron chi connectivity index (χ1n) is 7.42. The van der Waals surface area contributed by atoms with Gasteiger partial charge in [0.25, 0.3) is 5.56 Å². The Labute approximate surface area is 134 Å². The van der Waals surface area contributed by atoms with Gasteiger partial charge in [-0.15, -0.1) is 11.3 Å². The Morgan fingerprint density at radius 1 is 1.39 bits per heavy atom. The molecule has 0 saturated heterocycles. The first-order chi connectivity index (χ1) is 11.2. The van der Waals surface area contributed by atoms with Crippen molar-refractivity contribution < 1.29 is 9.32 Å². The highest BCUT2D eigenvalue weighted by atomic mass is 32.1. The van der Waals surface area contributed by atoms with Gasteiger partial charge >= 0.3 is 0 Å². The summed E-state index contributed by atoms with van der Waals surface area (Å²) in [7, 11) is 0. The largest absolute Gasteiger partial charge is 0.363 e. The van der Waals surface area contributed by atoms with E-state index in [4.69, 9.17) is 0 Å². The van der Waals surface area contributed by atoms with Crippen molar-refractivity contribution in [1.29, 1.82) is 0 Å². The number of carbonyl (C=O) groups is 1. The molecular formula is C15H14N4O3S. The molecule has 118 valence electrons. The van der Waals surface area contributed by atoms with Crippen LogP contribution in [0.1, 0.15) is 23.3 Å². The van der Waals surface area contributed by atoms with E-state index in [9.17, 15) is 9.59 Å². The molecule has 0 aromatic carbocycles. The number of thiophene rings is 1. The molecule has 0 saturated carbocycles. The molecule has 0 bridgehead atoms. The lowest BCUT2D eigenvalue weighted by Gasteiger charge is -2.10. The van der Waals surface area contributed by atoms with Gasteiger partial charge in [-0.2, -0.15) is 0 Å². The Bertz CT molecular complexity index is 926. The molecule has 8 heteroatoms. The standard InChI is InChI=1S/C15H14N4O3S/c20-12(17-11-5-6-22-18-11)7-19-8-16-14-13(15(19)21)9-3-1-2-4-10(9)23-14/h5-6,8H,1-4,7H2,(H,17,18,20). The van der Waals surface area contributed by atoms with Crippen LogP contribution in [-0.4, -0.2) is 20.6 Å². The first-order valence-corrected chi connectivity index (χ1v) is 8.24. The molecule has 1 aliphatic carbocycles. The monoisotopic (exact) mass is 330 g/mol. The van der Waals surface area contributed by atoms with Gasteiger partial charge in [-0.3, -0.25) is 14.2 Å². The Balaban J connectivity index is 1.66. The molecule has 0 unspecified atom stereocenters. The van der Waals surface area contributed by atoms with Gasteiger partial charge in [0, 0.05) is 10.9 Å². The van der Waals surface area contributed by atoms with E-state index in [1.54, 1.807) is 11.3 Å². The van der Waals surface area contributed by atoms with E-state index < -0.39 is 0 Å². The number of nitrogens with zero attached hydrogens (tertiary/aromatic N) is 3. The summed E-state index contributed by atoms with van der Waals surface area (Å²) in [5.41, 5.74) is 0.977. The molecule has 0 fully saturated rings. The highest BCUT2D eigenvalue weighted by Crippen LogP contribution is 2.33. The van der Waals surface area contributed by atoms with Crippen molar-refractivity contribution in [3.8, 4) is 0 Å². The van der Waals surface area contributed by atoms with E-state index in [2.05, 4.69) is 20.0 Å². The molecule has 1 N–H and O–H groups in total. The number of rotatable bonds is 3. The van der Waals surface area contributed by atoms with E-state index in [1.165, 1.54) is 28.1 Å². The number of anilines is 1. The second-order valence-corrected chi connectivity index (χ2v) is 6.59. The number of carbonyl (C=O) groups excluding carboxylic acids is 1. The van der Waals surface area contributed by atoms with Crippen molar-refractivity contribution in [2.75, 3.05) is 5.32 Å². The van der Waals surface area contributed by atoms with E-state index in [1.807, 2.05) is 0 Å². The first kappa shape index (κ1) is 14.1. The summed E-state index contributed by atoms with van der Waals surface area (Å²) in [6.07, 6.45) is 7.00. The van der Waals surface area contributed by atoms with Crippen LogP contribution in [0.25, 0.3) is 10.2 Å². The van der Waals surface area contributed by atoms with Crippen LogP contribution in [0, 0.1) is 0 Å². The van der Waals surface area contributed by atoms with Crippen molar-refractivity contribution in [2.45, 2.75) is 32.2 Å². The summed E-state index contributed by atoms with van der Waals surface area (Å²) in [6.45, 7) is -0.0980. The molecule has 4 rings (SSSR count). The molecule has 7 nitrogen and oxygen atoms in total. The van der Waals surface area contributed by atoms with Crippen LogP contribution >= 0.6 is 11.3 Å². The summed E-state index contributed by atoms with van der Waals surface area (Å²) in [5, 5.41) is 6.87. The molecular weight excluding hydrogens is 316 g/mol. The molecule has 1 aliphatic rings. The Kier molecular flexibility index (Phi) is 3.45. The van der Waals surface area contributed by atoms with E-state index in [-0.39, 0.29) is 18.0 Å². The van der Waals surface area contributed by atoms with E-state index >= 15 is 0 Å². The molecule has 0 radical (unpaired) electrons. The predicted octanol–water partition coefficient (Wildman–Crippen LogP) is 1.96. The zero-order valence-corrected chi connectivity index (χ0v) is 13.1. The van der Waals surface area contributed by atoms with Crippen LogP contribution in [-0.2, 0) is 24.2 Å². The smallest absolute Gasteiger partial charge is 0.262 e. The number of aryl methyl sites for hydroxylation is 2. The van der Waals surface area contributed by atoms with Crippen molar-refractivity contribution in [2.24, 2.45) is 0 Å². The lowest BCUT2D eigenvalue weighted by atomic mass is 9.97. The maximum absolute atomic E-state index is 12.7. The Morgan fingerprint density at radius 3 is 3.09 bits per heavy atom. The van der Waals surface area contributed by atoms with Crippen molar-refractivity contribution in [1.82, 2.24) is 14.7 Å². The van der Waals surface area contributed by atoms with Gasteiger partial charge in [0.05, 0.1) is 11.7 Å². The third kappa shape index (κ3) is 2.55. The quantitative estimate of drug-likeness (QED) is 0.793. The zero-order valence-electron chi connectivity index (χ0n) is 12.2. The minimum atomic E-state index is -0.341. The lowest BCUT2D eigenvalue weighted by Crippen LogP contribution is -2.28. The van der Waals surface area contributed by atoms with Crippen molar-refractivity contribution >= 4 is 33.3 Å². The van der Waals surface area contributed by atoms with Gasteiger partial charge in [0.1, 0.15) is 17.6 Å². The Hall–Kier alpha value is -2.48. The molecule has 1 amide bonds. The number of aromatic nitrogens is 3. The van der Waals surface area contributed by atoms with Crippen LogP contribution in [0.3, 0.4) is 0 Å². The number of hydrogen-bond donors (Lipinski definition) is 1. The van der Waals surface area contributed by atoms with Gasteiger partial charge in [-0.25, -0.2) is 4.98 Å². The van der Waals surface area contributed by atoms with Gasteiger partial charge < -0.3 is 9.84 Å². The number of nitrogens with one attached hydrogen (secondary N) is 1. The summed E-state index contributed by atoms with van der Waals surface area (Å²) < 4.78 is 6.00. The molecule has 0 aliphatic heterocycles. The highest BCUT2D eigenvalue weighted by molar-refractivity contribution is 7.18. The predicted molar refractivity (Wildman–Crippen MR) is 85.7 cm³/mol. The minimum Gasteiger partial charge on any atom is -0.363 e. The summed E-state index contributed by atoms with van der Waals surface area (Å²) in [5.74, 6) is -0.0174. The normalized spacial score (nSPS) is 13.9. The molecule has 0 spiro atoms. The summed E-state index contributed by atoms with van der Waals surface area (Å²) in [6, 6.07) is 1.54. The van der Waals surface area contributed by atoms with Gasteiger partial charge in [0.2, 0.25) is 5.91 Å². The zero-order chi connectivity index (χ0) is 15.8. The number of hydrogen-bond acceptors (Lipinski definition) is 6. The molecule has 23 heavy (non-hydrogen) atoms. The second-order valence-electron chi connectivity index (χ2n) is 5.50. The molecule has 3 aromatic rings. The van der Waals surface area contributed by atoms with Crippen LogP contribution in [0.5, 0.6) is 0 Å². The van der Waals surface area contributed by atoms with Crippen LogP contribution in [0.4, 0.5) is 5.82 Å². The topological polar surface area (TPSA) is 90.0 Å². The lowest BCUT2D eigenvalue weighted by molar-refractivity contribution is -0.116. The fraction of sp³-hybridized carbons (Fsp3) is 0.333. The third-order valence-corrected chi connectivity index (χ3v) is 5.16. The SMILES string of the molecule is O=C(Cn1cnc2sc3c(c2c1=O)CCCC3)Nc1ccon1. The molecule has 3 aromatic heterocycles. The van der Waals surface area contributed by atoms with Crippen molar-refractivity contribution in [3.63, 3.8) is 0 Å². The average Bonchev–Trinajstić information content (AvgIpc) is 3.17. The minimum absolute atomic E-state index is 0.0980. The van der Waals surface area contributed by atoms with Gasteiger partial charge in [0.15, 0.2) is 5.82 Å². The molecule has 0 atom stereocenters. The summed E-state index contributed by atoms with van der Waals surface area (Å²) >= 11 is 1.60. The van der Waals surface area contributed by atoms with Gasteiger partial charge in [-0.05, 0) is 31.2 Å². The number of fused-ring (bicyclic) bond motifs is 3. The van der Waals surface area contributed by atoms with Crippen LogP contribution in [0.15, 0.2) is 28.0 Å². The van der Waals surface area contributed by atoms with Crippen LogP contribution < -0.4 is 10.9 Å². The maximum atomic E-state index is 12.7. The van der Waals surface area contributed by atoms with Gasteiger partial charge in [-0.1, -0.05) is 5.16 Å². The van der Waals surface area contributed by atoms with Crippen molar-refractivity contribution in [3.05, 3.63) is 39.5 Å².